The Morgan fingerprint density at radius 3 is 2.45 bits per heavy atom. The topological polar surface area (TPSA) is 72.0 Å². The minimum Gasteiger partial charge on any atom is -0.507 e. The number of halogens is 3. The first-order valence-electron chi connectivity index (χ1n) is 6.11. The minimum absolute atomic E-state index is 0.0342. The highest BCUT2D eigenvalue weighted by atomic mass is 19.4. The molecule has 0 spiro atoms. The van der Waals surface area contributed by atoms with Crippen molar-refractivity contribution < 1.29 is 22.8 Å². The first-order chi connectivity index (χ1) is 10.4. The van der Waals surface area contributed by atoms with Crippen LogP contribution in [0, 0.1) is 0 Å². The van der Waals surface area contributed by atoms with Crippen LogP contribution in [0.5, 0.6) is 5.75 Å². The largest absolute Gasteiger partial charge is 0.507 e. The molecule has 3 rings (SSSR count). The summed E-state index contributed by atoms with van der Waals surface area (Å²) in [5.41, 5.74) is -0.396. The Balaban J connectivity index is 1.93. The summed E-state index contributed by atoms with van der Waals surface area (Å²) >= 11 is 0. The summed E-state index contributed by atoms with van der Waals surface area (Å²) in [4.78, 5) is 7.70. The number of rotatable bonds is 2. The fourth-order valence-corrected chi connectivity index (χ4v) is 1.79. The standard InChI is InChI=1S/C14H8F3N3O2/c15-14(16,17)8-5-6-10(18-7-8)12-19-13(22-20-12)9-3-1-2-4-11(9)21/h1-7,21H. The van der Waals surface area contributed by atoms with Crippen LogP contribution in [0.2, 0.25) is 0 Å². The zero-order valence-electron chi connectivity index (χ0n) is 10.9. The Morgan fingerprint density at radius 2 is 1.82 bits per heavy atom. The molecule has 0 unspecified atom stereocenters. The van der Waals surface area contributed by atoms with Crippen molar-refractivity contribution in [3.8, 4) is 28.7 Å². The van der Waals surface area contributed by atoms with Gasteiger partial charge in [-0.05, 0) is 24.3 Å². The fraction of sp³-hybridized carbons (Fsp3) is 0.0714. The highest BCUT2D eigenvalue weighted by Crippen LogP contribution is 2.31. The number of aromatic hydroxyl groups is 1. The van der Waals surface area contributed by atoms with Gasteiger partial charge in [0.1, 0.15) is 11.4 Å². The van der Waals surface area contributed by atoms with Crippen LogP contribution in [0.1, 0.15) is 5.56 Å². The fourth-order valence-electron chi connectivity index (χ4n) is 1.79. The van der Waals surface area contributed by atoms with Crippen molar-refractivity contribution in [3.05, 3.63) is 48.2 Å². The Kier molecular flexibility index (Phi) is 3.28. The van der Waals surface area contributed by atoms with Gasteiger partial charge < -0.3 is 9.63 Å². The maximum Gasteiger partial charge on any atom is 0.417 e. The van der Waals surface area contributed by atoms with Crippen LogP contribution < -0.4 is 0 Å². The second-order valence-corrected chi connectivity index (χ2v) is 4.37. The first kappa shape index (κ1) is 14.1. The van der Waals surface area contributed by atoms with Crippen molar-refractivity contribution in [1.29, 1.82) is 0 Å². The van der Waals surface area contributed by atoms with Gasteiger partial charge in [0.2, 0.25) is 5.82 Å². The van der Waals surface area contributed by atoms with Crippen LogP contribution in [0.3, 0.4) is 0 Å². The molecule has 0 aliphatic carbocycles. The molecule has 1 aromatic carbocycles. The molecule has 0 saturated carbocycles. The molecule has 8 heteroatoms. The van der Waals surface area contributed by atoms with E-state index in [1.54, 1.807) is 18.2 Å². The Hall–Kier alpha value is -2.90. The van der Waals surface area contributed by atoms with Gasteiger partial charge in [-0.15, -0.1) is 0 Å². The summed E-state index contributed by atoms with van der Waals surface area (Å²) in [6, 6.07) is 8.38. The number of alkyl halides is 3. The van der Waals surface area contributed by atoms with Gasteiger partial charge in [0, 0.05) is 6.20 Å². The normalized spacial score (nSPS) is 11.6. The van der Waals surface area contributed by atoms with Crippen molar-refractivity contribution in [3.63, 3.8) is 0 Å². The molecule has 2 heterocycles. The quantitative estimate of drug-likeness (QED) is 0.784. The lowest BCUT2D eigenvalue weighted by atomic mass is 10.2. The van der Waals surface area contributed by atoms with Gasteiger partial charge in [-0.2, -0.15) is 18.2 Å². The van der Waals surface area contributed by atoms with E-state index in [1.807, 2.05) is 0 Å². The summed E-state index contributed by atoms with van der Waals surface area (Å²) in [5, 5.41) is 13.4. The number of aromatic nitrogens is 3. The summed E-state index contributed by atoms with van der Waals surface area (Å²) in [6.07, 6.45) is -3.75. The summed E-state index contributed by atoms with van der Waals surface area (Å²) in [7, 11) is 0. The van der Waals surface area contributed by atoms with Gasteiger partial charge in [-0.1, -0.05) is 17.3 Å². The van der Waals surface area contributed by atoms with Gasteiger partial charge in [-0.3, -0.25) is 4.98 Å². The van der Waals surface area contributed by atoms with Gasteiger partial charge in [0.05, 0.1) is 11.1 Å². The van der Waals surface area contributed by atoms with E-state index in [2.05, 4.69) is 15.1 Å². The van der Waals surface area contributed by atoms with Crippen molar-refractivity contribution in [2.45, 2.75) is 6.18 Å². The van der Waals surface area contributed by atoms with Crippen LogP contribution in [0.25, 0.3) is 23.0 Å². The number of phenolic OH excluding ortho intramolecular Hbond substituents is 1. The SMILES string of the molecule is Oc1ccccc1-c1nc(-c2ccc(C(F)(F)F)cn2)no1. The van der Waals surface area contributed by atoms with E-state index < -0.39 is 11.7 Å². The van der Waals surface area contributed by atoms with E-state index in [4.69, 9.17) is 4.52 Å². The Morgan fingerprint density at radius 1 is 1.05 bits per heavy atom. The van der Waals surface area contributed by atoms with E-state index >= 15 is 0 Å². The number of benzene rings is 1. The molecule has 0 radical (unpaired) electrons. The number of hydrogen-bond acceptors (Lipinski definition) is 5. The van der Waals surface area contributed by atoms with Gasteiger partial charge in [-0.25, -0.2) is 0 Å². The molecule has 3 aromatic rings. The first-order valence-corrected chi connectivity index (χ1v) is 6.11. The second-order valence-electron chi connectivity index (χ2n) is 4.37. The summed E-state index contributed by atoms with van der Waals surface area (Å²) in [5.74, 6) is 0.0415. The smallest absolute Gasteiger partial charge is 0.417 e. The zero-order valence-corrected chi connectivity index (χ0v) is 10.9. The molecule has 0 bridgehead atoms. The lowest BCUT2D eigenvalue weighted by Gasteiger charge is -2.05. The zero-order chi connectivity index (χ0) is 15.7. The molecule has 0 atom stereocenters. The van der Waals surface area contributed by atoms with E-state index in [1.165, 1.54) is 6.07 Å². The van der Waals surface area contributed by atoms with Crippen LogP contribution in [-0.4, -0.2) is 20.2 Å². The number of pyridine rings is 1. The average molecular weight is 307 g/mol. The van der Waals surface area contributed by atoms with E-state index in [0.29, 0.717) is 11.8 Å². The molecule has 2 aromatic heterocycles. The lowest BCUT2D eigenvalue weighted by molar-refractivity contribution is -0.137. The molecular weight excluding hydrogens is 299 g/mol. The van der Waals surface area contributed by atoms with Crippen molar-refractivity contribution in [1.82, 2.24) is 15.1 Å². The highest BCUT2D eigenvalue weighted by molar-refractivity contribution is 5.63. The average Bonchev–Trinajstić information content (AvgIpc) is 2.96. The third-order valence-corrected chi connectivity index (χ3v) is 2.88. The Labute approximate surface area is 122 Å². The molecule has 22 heavy (non-hydrogen) atoms. The van der Waals surface area contributed by atoms with Crippen LogP contribution in [-0.2, 0) is 6.18 Å². The van der Waals surface area contributed by atoms with Crippen molar-refractivity contribution in [2.24, 2.45) is 0 Å². The molecule has 0 fully saturated rings. The molecule has 5 nitrogen and oxygen atoms in total. The molecule has 0 amide bonds. The number of phenols is 1. The monoisotopic (exact) mass is 307 g/mol. The highest BCUT2D eigenvalue weighted by Gasteiger charge is 2.30. The van der Waals surface area contributed by atoms with Crippen LogP contribution in [0.4, 0.5) is 13.2 Å². The van der Waals surface area contributed by atoms with E-state index in [9.17, 15) is 18.3 Å². The molecule has 1 N–H and O–H groups in total. The second kappa shape index (κ2) is 5.14. The maximum absolute atomic E-state index is 12.5. The third kappa shape index (κ3) is 2.62. The number of hydrogen-bond donors (Lipinski definition) is 1. The van der Waals surface area contributed by atoms with E-state index in [-0.39, 0.29) is 23.2 Å². The van der Waals surface area contributed by atoms with Crippen molar-refractivity contribution >= 4 is 0 Å². The van der Waals surface area contributed by atoms with Gasteiger partial charge in [0.25, 0.3) is 5.89 Å². The lowest BCUT2D eigenvalue weighted by Crippen LogP contribution is -2.05. The number of para-hydroxylation sites is 1. The molecule has 112 valence electrons. The van der Waals surface area contributed by atoms with Crippen LogP contribution >= 0.6 is 0 Å². The van der Waals surface area contributed by atoms with Gasteiger partial charge >= 0.3 is 6.18 Å². The van der Waals surface area contributed by atoms with Gasteiger partial charge in [0.15, 0.2) is 0 Å². The third-order valence-electron chi connectivity index (χ3n) is 2.88. The predicted octanol–water partition coefficient (Wildman–Crippen LogP) is 3.52. The maximum atomic E-state index is 12.5. The molecule has 0 aliphatic heterocycles. The predicted molar refractivity (Wildman–Crippen MR) is 69.6 cm³/mol. The number of nitrogens with zero attached hydrogens (tertiary/aromatic N) is 3. The summed E-state index contributed by atoms with van der Waals surface area (Å²) in [6.45, 7) is 0. The summed E-state index contributed by atoms with van der Waals surface area (Å²) < 4.78 is 42.4. The van der Waals surface area contributed by atoms with Crippen LogP contribution in [0.15, 0.2) is 47.1 Å². The minimum atomic E-state index is -4.45. The molecular formula is C14H8F3N3O2. The molecule has 0 aliphatic rings. The van der Waals surface area contributed by atoms with E-state index in [0.717, 1.165) is 12.1 Å². The molecule has 0 saturated heterocycles. The van der Waals surface area contributed by atoms with Crippen molar-refractivity contribution in [2.75, 3.05) is 0 Å². The Bertz CT molecular complexity index is 798.